The number of hydrogen-bond acceptors (Lipinski definition) is 5. The largest absolute Gasteiger partial charge is 0.486 e. The standard InChI is InChI=1S/C21H18F3NO5/c1-13(20(27)25-16-6-7-17-18(12-16)29-10-9-28-17)30-19(26)8-5-14-3-2-4-15(11-14)21(22,23)24/h2-8,11-13H,9-10H2,1H3,(H,25,27). The average Bonchev–Trinajstić information content (AvgIpc) is 2.71. The quantitative estimate of drug-likeness (QED) is 0.582. The lowest BCUT2D eigenvalue weighted by Crippen LogP contribution is -2.29. The van der Waals surface area contributed by atoms with Gasteiger partial charge in [-0.15, -0.1) is 0 Å². The molecule has 1 unspecified atom stereocenters. The first-order chi connectivity index (χ1) is 14.2. The van der Waals surface area contributed by atoms with E-state index in [-0.39, 0.29) is 5.56 Å². The zero-order valence-electron chi connectivity index (χ0n) is 15.9. The van der Waals surface area contributed by atoms with Crippen LogP contribution in [0.3, 0.4) is 0 Å². The average molecular weight is 421 g/mol. The van der Waals surface area contributed by atoms with Crippen molar-refractivity contribution in [2.75, 3.05) is 18.5 Å². The molecule has 158 valence electrons. The summed E-state index contributed by atoms with van der Waals surface area (Å²) < 4.78 is 54.0. The van der Waals surface area contributed by atoms with Gasteiger partial charge in [0.15, 0.2) is 17.6 Å². The molecular weight excluding hydrogens is 403 g/mol. The predicted octanol–water partition coefficient (Wildman–Crippen LogP) is 4.06. The second-order valence-electron chi connectivity index (χ2n) is 6.38. The van der Waals surface area contributed by atoms with Gasteiger partial charge in [0.05, 0.1) is 5.56 Å². The normalized spacial score (nSPS) is 14.3. The van der Waals surface area contributed by atoms with E-state index in [1.165, 1.54) is 25.1 Å². The number of ether oxygens (including phenoxy) is 3. The zero-order valence-corrected chi connectivity index (χ0v) is 15.9. The van der Waals surface area contributed by atoms with Gasteiger partial charge in [-0.05, 0) is 42.8 Å². The first-order valence-corrected chi connectivity index (χ1v) is 8.99. The summed E-state index contributed by atoms with van der Waals surface area (Å²) in [6.07, 6.45) is -3.46. The van der Waals surface area contributed by atoms with E-state index in [4.69, 9.17) is 14.2 Å². The van der Waals surface area contributed by atoms with E-state index in [0.717, 1.165) is 18.2 Å². The smallest absolute Gasteiger partial charge is 0.416 e. The molecule has 0 aromatic heterocycles. The third-order valence-electron chi connectivity index (χ3n) is 4.10. The van der Waals surface area contributed by atoms with Crippen molar-refractivity contribution in [1.29, 1.82) is 0 Å². The van der Waals surface area contributed by atoms with E-state index in [2.05, 4.69) is 5.32 Å². The summed E-state index contributed by atoms with van der Waals surface area (Å²) in [5, 5.41) is 2.59. The van der Waals surface area contributed by atoms with Crippen LogP contribution < -0.4 is 14.8 Å². The Morgan fingerprint density at radius 2 is 1.83 bits per heavy atom. The van der Waals surface area contributed by atoms with Crippen molar-refractivity contribution >= 4 is 23.6 Å². The molecule has 1 heterocycles. The molecule has 9 heteroatoms. The number of benzene rings is 2. The van der Waals surface area contributed by atoms with E-state index in [1.807, 2.05) is 0 Å². The molecule has 2 aromatic rings. The molecule has 0 spiro atoms. The van der Waals surface area contributed by atoms with Crippen molar-refractivity contribution in [2.45, 2.75) is 19.2 Å². The van der Waals surface area contributed by atoms with Gasteiger partial charge >= 0.3 is 12.1 Å². The molecule has 0 bridgehead atoms. The molecule has 1 N–H and O–H groups in total. The molecule has 0 aliphatic carbocycles. The number of amides is 1. The summed E-state index contributed by atoms with van der Waals surface area (Å²) in [4.78, 5) is 24.1. The summed E-state index contributed by atoms with van der Waals surface area (Å²) >= 11 is 0. The number of carbonyl (C=O) groups excluding carboxylic acids is 2. The molecule has 1 atom stereocenters. The highest BCUT2D eigenvalue weighted by atomic mass is 19.4. The van der Waals surface area contributed by atoms with Crippen LogP contribution in [0.5, 0.6) is 11.5 Å². The topological polar surface area (TPSA) is 73.9 Å². The number of halogens is 3. The second kappa shape index (κ2) is 8.89. The first-order valence-electron chi connectivity index (χ1n) is 8.99. The fourth-order valence-electron chi connectivity index (χ4n) is 2.61. The number of fused-ring (bicyclic) bond motifs is 1. The van der Waals surface area contributed by atoms with Gasteiger partial charge in [-0.25, -0.2) is 4.79 Å². The number of carbonyl (C=O) groups is 2. The predicted molar refractivity (Wildman–Crippen MR) is 102 cm³/mol. The minimum atomic E-state index is -4.48. The highest BCUT2D eigenvalue weighted by Gasteiger charge is 2.30. The number of alkyl halides is 3. The van der Waals surface area contributed by atoms with E-state index >= 15 is 0 Å². The number of hydrogen-bond donors (Lipinski definition) is 1. The molecule has 30 heavy (non-hydrogen) atoms. The fourth-order valence-corrected chi connectivity index (χ4v) is 2.61. The summed E-state index contributed by atoms with van der Waals surface area (Å²) in [6, 6.07) is 9.34. The Balaban J connectivity index is 1.56. The van der Waals surface area contributed by atoms with Crippen LogP contribution >= 0.6 is 0 Å². The van der Waals surface area contributed by atoms with Gasteiger partial charge in [0, 0.05) is 17.8 Å². The number of nitrogens with one attached hydrogen (secondary N) is 1. The van der Waals surface area contributed by atoms with Crippen molar-refractivity contribution < 1.29 is 37.0 Å². The molecular formula is C21H18F3NO5. The summed E-state index contributed by atoms with van der Waals surface area (Å²) in [7, 11) is 0. The highest BCUT2D eigenvalue weighted by molar-refractivity contribution is 5.96. The van der Waals surface area contributed by atoms with Gasteiger partial charge in [0.25, 0.3) is 5.91 Å². The van der Waals surface area contributed by atoms with E-state index in [1.54, 1.807) is 18.2 Å². The lowest BCUT2D eigenvalue weighted by atomic mass is 10.1. The van der Waals surface area contributed by atoms with Crippen LogP contribution in [0.4, 0.5) is 18.9 Å². The molecule has 3 rings (SSSR count). The van der Waals surface area contributed by atoms with E-state index in [9.17, 15) is 22.8 Å². The molecule has 2 aromatic carbocycles. The second-order valence-corrected chi connectivity index (χ2v) is 6.38. The summed E-state index contributed by atoms with van der Waals surface area (Å²) in [5.41, 5.74) is -0.216. The third kappa shape index (κ3) is 5.53. The minimum Gasteiger partial charge on any atom is -0.486 e. The van der Waals surface area contributed by atoms with Crippen LogP contribution in [0.15, 0.2) is 48.5 Å². The summed E-state index contributed by atoms with van der Waals surface area (Å²) in [5.74, 6) is -0.379. The Bertz CT molecular complexity index is 971. The maximum atomic E-state index is 12.7. The monoisotopic (exact) mass is 421 g/mol. The van der Waals surface area contributed by atoms with Crippen LogP contribution in [0.2, 0.25) is 0 Å². The molecule has 1 amide bonds. The third-order valence-corrected chi connectivity index (χ3v) is 4.10. The molecule has 0 radical (unpaired) electrons. The van der Waals surface area contributed by atoms with Gasteiger partial charge in [-0.2, -0.15) is 13.2 Å². The lowest BCUT2D eigenvalue weighted by molar-refractivity contribution is -0.148. The van der Waals surface area contributed by atoms with Gasteiger partial charge in [-0.3, -0.25) is 4.79 Å². The Labute approximate surface area is 170 Å². The molecule has 0 saturated carbocycles. The Morgan fingerprint density at radius 3 is 2.57 bits per heavy atom. The van der Waals surface area contributed by atoms with Crippen LogP contribution in [0, 0.1) is 0 Å². The molecule has 6 nitrogen and oxygen atoms in total. The van der Waals surface area contributed by atoms with Crippen molar-refractivity contribution in [3.05, 3.63) is 59.7 Å². The van der Waals surface area contributed by atoms with Crippen LogP contribution in [-0.4, -0.2) is 31.2 Å². The van der Waals surface area contributed by atoms with Gasteiger partial charge in [-0.1, -0.05) is 12.1 Å². The lowest BCUT2D eigenvalue weighted by Gasteiger charge is -2.19. The molecule has 0 saturated heterocycles. The van der Waals surface area contributed by atoms with Crippen LogP contribution in [-0.2, 0) is 20.5 Å². The van der Waals surface area contributed by atoms with Crippen LogP contribution in [0.25, 0.3) is 6.08 Å². The van der Waals surface area contributed by atoms with Crippen LogP contribution in [0.1, 0.15) is 18.1 Å². The minimum absolute atomic E-state index is 0.176. The van der Waals surface area contributed by atoms with Gasteiger partial charge < -0.3 is 19.5 Å². The Kier molecular flexibility index (Phi) is 6.29. The Morgan fingerprint density at radius 1 is 1.10 bits per heavy atom. The van der Waals surface area contributed by atoms with Crippen molar-refractivity contribution in [2.24, 2.45) is 0 Å². The number of esters is 1. The number of rotatable bonds is 5. The SMILES string of the molecule is CC(OC(=O)C=Cc1cccc(C(F)(F)F)c1)C(=O)Nc1ccc2c(c1)OCCO2. The van der Waals surface area contributed by atoms with E-state index < -0.39 is 29.7 Å². The van der Waals surface area contributed by atoms with E-state index in [0.29, 0.717) is 30.4 Å². The van der Waals surface area contributed by atoms with Crippen molar-refractivity contribution in [1.82, 2.24) is 0 Å². The fraction of sp³-hybridized carbons (Fsp3) is 0.238. The maximum absolute atomic E-state index is 12.7. The highest BCUT2D eigenvalue weighted by Crippen LogP contribution is 2.32. The summed E-state index contributed by atoms with van der Waals surface area (Å²) in [6.45, 7) is 2.22. The zero-order chi connectivity index (χ0) is 21.7. The molecule has 1 aliphatic heterocycles. The Hall–Kier alpha value is -3.49. The van der Waals surface area contributed by atoms with Gasteiger partial charge in [0.1, 0.15) is 13.2 Å². The first kappa shape index (κ1) is 21.2. The molecule has 0 fully saturated rings. The maximum Gasteiger partial charge on any atom is 0.416 e. The number of anilines is 1. The molecule has 1 aliphatic rings. The van der Waals surface area contributed by atoms with Crippen molar-refractivity contribution in [3.8, 4) is 11.5 Å². The van der Waals surface area contributed by atoms with Crippen molar-refractivity contribution in [3.63, 3.8) is 0 Å². The van der Waals surface area contributed by atoms with Gasteiger partial charge in [0.2, 0.25) is 0 Å².